The number of benzene rings is 2. The molecule has 0 radical (unpaired) electrons. The average molecular weight is 341 g/mol. The van der Waals surface area contributed by atoms with Crippen LogP contribution >= 0.6 is 0 Å². The molecule has 0 aliphatic carbocycles. The van der Waals surface area contributed by atoms with Crippen LogP contribution < -0.4 is 9.64 Å². The molecule has 4 heteroatoms. The first kappa shape index (κ1) is 17.7. The lowest BCUT2D eigenvalue weighted by molar-refractivity contribution is -0.929. The van der Waals surface area contributed by atoms with E-state index in [1.54, 1.807) is 4.90 Å². The highest BCUT2D eigenvalue weighted by Crippen LogP contribution is 2.20. The molecule has 1 N–H and O–H groups in total. The molecule has 1 saturated heterocycles. The lowest BCUT2D eigenvalue weighted by Crippen LogP contribution is -3.18. The van der Waals surface area contributed by atoms with Crippen molar-refractivity contribution in [1.29, 1.82) is 0 Å². The molecule has 1 aliphatic rings. The van der Waals surface area contributed by atoms with Crippen molar-refractivity contribution in [3.8, 4) is 5.75 Å². The number of ether oxygens (including phenoxy) is 1. The molecule has 0 spiro atoms. The molecule has 1 heterocycles. The minimum Gasteiger partial charge on any atom is -0.484 e. The van der Waals surface area contributed by atoms with E-state index < -0.39 is 0 Å². The number of nitrogens with one attached hydrogen (secondary N) is 1. The number of hydrogen-bond acceptors (Lipinski definition) is 2. The Hall–Kier alpha value is -2.07. The highest BCUT2D eigenvalue weighted by molar-refractivity contribution is 5.84. The van der Waals surface area contributed by atoms with E-state index in [4.69, 9.17) is 4.74 Å². The van der Waals surface area contributed by atoms with Crippen molar-refractivity contribution in [3.63, 3.8) is 0 Å². The number of piperazine rings is 1. The van der Waals surface area contributed by atoms with Crippen molar-refractivity contribution < 1.29 is 14.4 Å². The van der Waals surface area contributed by atoms with Crippen LogP contribution in [-0.4, -0.2) is 49.6 Å². The average Bonchev–Trinajstić information content (AvgIpc) is 2.67. The minimum absolute atomic E-state index is 0.0942. The van der Waals surface area contributed by atoms with Gasteiger partial charge in [0.15, 0.2) is 6.61 Å². The smallest absolute Gasteiger partial charge is 0.260 e. The van der Waals surface area contributed by atoms with Crippen LogP contribution in [0.5, 0.6) is 5.75 Å². The largest absolute Gasteiger partial charge is 0.484 e. The van der Waals surface area contributed by atoms with Gasteiger partial charge in [-0.2, -0.15) is 0 Å². The number of amides is 1. The van der Waals surface area contributed by atoms with Gasteiger partial charge in [-0.3, -0.25) is 4.79 Å². The summed E-state index contributed by atoms with van der Waals surface area (Å²) < 4.78 is 5.75. The molecule has 2 aromatic rings. The monoisotopic (exact) mass is 341 g/mol. The summed E-state index contributed by atoms with van der Waals surface area (Å²) in [6, 6.07) is 14.9. The topological polar surface area (TPSA) is 34.0 Å². The van der Waals surface area contributed by atoms with Crippen molar-refractivity contribution in [2.24, 2.45) is 0 Å². The Bertz CT molecular complexity index is 704. The molecule has 25 heavy (non-hydrogen) atoms. The molecule has 1 fully saturated rings. The molecule has 0 bridgehead atoms. The zero-order chi connectivity index (χ0) is 17.6. The van der Waals surface area contributed by atoms with E-state index in [9.17, 15) is 4.79 Å². The summed E-state index contributed by atoms with van der Waals surface area (Å²) >= 11 is 0. The molecule has 3 rings (SSSR count). The second kappa shape index (κ2) is 8.34. The second-order valence-corrected chi connectivity index (χ2v) is 6.85. The zero-order valence-electron chi connectivity index (χ0n) is 15.3. The number of rotatable bonds is 6. The molecule has 4 nitrogen and oxygen atoms in total. The second-order valence-electron chi connectivity index (χ2n) is 6.85. The Balaban J connectivity index is 1.51. The fraction of sp³-hybridized carbons (Fsp3) is 0.476. The van der Waals surface area contributed by atoms with Crippen molar-refractivity contribution in [1.82, 2.24) is 4.90 Å². The van der Waals surface area contributed by atoms with E-state index in [0.29, 0.717) is 0 Å². The maximum atomic E-state index is 12.4. The molecule has 0 atom stereocenters. The predicted molar refractivity (Wildman–Crippen MR) is 101 cm³/mol. The van der Waals surface area contributed by atoms with Gasteiger partial charge in [0.25, 0.3) is 5.91 Å². The van der Waals surface area contributed by atoms with E-state index in [2.05, 4.69) is 26.0 Å². The van der Waals surface area contributed by atoms with Crippen LogP contribution in [-0.2, 0) is 4.79 Å². The Morgan fingerprint density at radius 3 is 2.44 bits per heavy atom. The number of nitrogens with zero attached hydrogens (tertiary/aromatic N) is 1. The minimum atomic E-state index is 0.0942. The quantitative estimate of drug-likeness (QED) is 0.873. The van der Waals surface area contributed by atoms with E-state index in [0.717, 1.165) is 43.4 Å². The summed E-state index contributed by atoms with van der Waals surface area (Å²) in [6.45, 7) is 8.42. The van der Waals surface area contributed by atoms with Gasteiger partial charge in [-0.05, 0) is 35.7 Å². The third-order valence-electron chi connectivity index (χ3n) is 5.40. The third kappa shape index (κ3) is 4.31. The van der Waals surface area contributed by atoms with Crippen molar-refractivity contribution in [2.75, 3.05) is 32.8 Å². The van der Waals surface area contributed by atoms with Gasteiger partial charge in [-0.25, -0.2) is 0 Å². The number of quaternary nitrogens is 1. The summed E-state index contributed by atoms with van der Waals surface area (Å²) in [5.41, 5.74) is 0. The normalized spacial score (nSPS) is 15.7. The molecule has 0 saturated carbocycles. The van der Waals surface area contributed by atoms with Crippen LogP contribution in [0.3, 0.4) is 0 Å². The van der Waals surface area contributed by atoms with E-state index in [1.165, 1.54) is 18.2 Å². The Morgan fingerprint density at radius 1 is 1.08 bits per heavy atom. The van der Waals surface area contributed by atoms with Gasteiger partial charge in [-0.1, -0.05) is 44.2 Å². The lowest BCUT2D eigenvalue weighted by atomic mass is 10.1. The Kier molecular flexibility index (Phi) is 5.92. The first-order chi connectivity index (χ1) is 12.2. The SMILES string of the molecule is CCC(CC)[NH+]1CCN(C(=O)COc2ccc3ccccc3c2)CC1. The first-order valence-electron chi connectivity index (χ1n) is 9.45. The molecule has 134 valence electrons. The van der Waals surface area contributed by atoms with Crippen LogP contribution in [0.1, 0.15) is 26.7 Å². The van der Waals surface area contributed by atoms with Gasteiger partial charge in [0.05, 0.1) is 32.2 Å². The van der Waals surface area contributed by atoms with Crippen LogP contribution in [0.15, 0.2) is 42.5 Å². The summed E-state index contributed by atoms with van der Waals surface area (Å²) in [7, 11) is 0. The van der Waals surface area contributed by atoms with Gasteiger partial charge >= 0.3 is 0 Å². The van der Waals surface area contributed by atoms with Crippen LogP contribution in [0.25, 0.3) is 10.8 Å². The fourth-order valence-corrected chi connectivity index (χ4v) is 3.81. The third-order valence-corrected chi connectivity index (χ3v) is 5.40. The van der Waals surface area contributed by atoms with Crippen molar-refractivity contribution >= 4 is 16.7 Å². The highest BCUT2D eigenvalue weighted by atomic mass is 16.5. The summed E-state index contributed by atoms with van der Waals surface area (Å²) in [5.74, 6) is 0.852. The molecule has 1 aliphatic heterocycles. The summed E-state index contributed by atoms with van der Waals surface area (Å²) in [6.07, 6.45) is 2.43. The summed E-state index contributed by atoms with van der Waals surface area (Å²) in [5, 5.41) is 2.32. The molecule has 2 aromatic carbocycles. The van der Waals surface area contributed by atoms with Gasteiger partial charge < -0.3 is 14.5 Å². The number of hydrogen-bond donors (Lipinski definition) is 1. The number of carbonyl (C=O) groups is 1. The maximum Gasteiger partial charge on any atom is 0.260 e. The van der Waals surface area contributed by atoms with E-state index >= 15 is 0 Å². The van der Waals surface area contributed by atoms with Crippen LogP contribution in [0.2, 0.25) is 0 Å². The first-order valence-corrected chi connectivity index (χ1v) is 9.45. The maximum absolute atomic E-state index is 12.4. The molecule has 1 amide bonds. The Morgan fingerprint density at radius 2 is 1.76 bits per heavy atom. The van der Waals surface area contributed by atoms with E-state index in [1.807, 2.05) is 35.2 Å². The van der Waals surface area contributed by atoms with Crippen molar-refractivity contribution in [3.05, 3.63) is 42.5 Å². The van der Waals surface area contributed by atoms with Gasteiger partial charge in [-0.15, -0.1) is 0 Å². The zero-order valence-corrected chi connectivity index (χ0v) is 15.3. The molecular formula is C21H29N2O2+. The summed E-state index contributed by atoms with van der Waals surface area (Å²) in [4.78, 5) is 16.0. The molecule has 0 unspecified atom stereocenters. The number of fused-ring (bicyclic) bond motifs is 1. The molecular weight excluding hydrogens is 312 g/mol. The standard InChI is InChI=1S/C21H28N2O2/c1-3-19(4-2)22-11-13-23(14-12-22)21(24)16-25-20-10-9-17-7-5-6-8-18(17)15-20/h5-10,15,19H,3-4,11-14,16H2,1-2H3/p+1. The van der Waals surface area contributed by atoms with Gasteiger partial charge in [0.2, 0.25) is 0 Å². The van der Waals surface area contributed by atoms with Gasteiger partial charge in [0.1, 0.15) is 5.75 Å². The number of carbonyl (C=O) groups excluding carboxylic acids is 1. The highest BCUT2D eigenvalue weighted by Gasteiger charge is 2.27. The van der Waals surface area contributed by atoms with Crippen LogP contribution in [0, 0.1) is 0 Å². The van der Waals surface area contributed by atoms with Crippen LogP contribution in [0.4, 0.5) is 0 Å². The van der Waals surface area contributed by atoms with E-state index in [-0.39, 0.29) is 12.5 Å². The van der Waals surface area contributed by atoms with Crippen molar-refractivity contribution in [2.45, 2.75) is 32.7 Å². The molecule has 0 aromatic heterocycles. The van der Waals surface area contributed by atoms with Gasteiger partial charge in [0, 0.05) is 0 Å². The lowest BCUT2D eigenvalue weighted by Gasteiger charge is -2.36. The predicted octanol–water partition coefficient (Wildman–Crippen LogP) is 2.13. The Labute approximate surface area is 150 Å². The fourth-order valence-electron chi connectivity index (χ4n) is 3.81.